The van der Waals surface area contributed by atoms with E-state index < -0.39 is 0 Å². The normalized spacial score (nSPS) is 20.9. The number of aromatic nitrogens is 4. The molecular formula is C59H45N5. The Morgan fingerprint density at radius 1 is 0.422 bits per heavy atom. The first-order valence-electron chi connectivity index (χ1n) is 22.6. The van der Waals surface area contributed by atoms with Crippen LogP contribution in [0.3, 0.4) is 0 Å². The fourth-order valence-electron chi connectivity index (χ4n) is 12.0. The van der Waals surface area contributed by atoms with Crippen LogP contribution in [0.4, 0.5) is 0 Å². The number of benzene rings is 7. The van der Waals surface area contributed by atoms with Gasteiger partial charge in [-0.1, -0.05) is 152 Å². The van der Waals surface area contributed by atoms with Crippen molar-refractivity contribution < 1.29 is 0 Å². The summed E-state index contributed by atoms with van der Waals surface area (Å²) >= 11 is 0. The Hall–Kier alpha value is -7.55. The maximum absolute atomic E-state index is 9.34. The predicted octanol–water partition coefficient (Wildman–Crippen LogP) is 14.1. The van der Waals surface area contributed by atoms with E-state index in [0.717, 1.165) is 33.9 Å². The largest absolute Gasteiger partial charge is 0.253 e. The molecule has 7 aromatic carbocycles. The third-order valence-electron chi connectivity index (χ3n) is 14.6. The van der Waals surface area contributed by atoms with Crippen LogP contribution in [0, 0.1) is 23.2 Å². The molecule has 2 unspecified atom stereocenters. The lowest BCUT2D eigenvalue weighted by atomic mass is 9.41. The molecule has 64 heavy (non-hydrogen) atoms. The van der Waals surface area contributed by atoms with Gasteiger partial charge in [0, 0.05) is 17.3 Å². The predicted molar refractivity (Wildman–Crippen MR) is 257 cm³/mol. The van der Waals surface area contributed by atoms with Crippen LogP contribution in [0.1, 0.15) is 55.2 Å². The van der Waals surface area contributed by atoms with Crippen molar-refractivity contribution in [1.29, 1.82) is 5.26 Å². The molecule has 9 aromatic rings. The average Bonchev–Trinajstić information content (AvgIpc) is 3.36. The molecule has 0 radical (unpaired) electrons. The van der Waals surface area contributed by atoms with Crippen molar-refractivity contribution in [3.63, 3.8) is 0 Å². The van der Waals surface area contributed by atoms with Gasteiger partial charge in [0.05, 0.1) is 11.6 Å². The van der Waals surface area contributed by atoms with Crippen LogP contribution < -0.4 is 0 Å². The second-order valence-corrected chi connectivity index (χ2v) is 18.6. The second-order valence-electron chi connectivity index (χ2n) is 18.6. The maximum Gasteiger partial charge on any atom is 0.182 e. The molecule has 4 aliphatic carbocycles. The smallest absolute Gasteiger partial charge is 0.182 e. The van der Waals surface area contributed by atoms with E-state index in [1.54, 1.807) is 6.20 Å². The number of hydrogen-bond acceptors (Lipinski definition) is 5. The Balaban J connectivity index is 0.765. The molecule has 0 aliphatic heterocycles. The maximum atomic E-state index is 9.34. The zero-order valence-corrected chi connectivity index (χ0v) is 35.5. The summed E-state index contributed by atoms with van der Waals surface area (Å²) in [5.74, 6) is 3.37. The molecule has 0 saturated heterocycles. The number of fused-ring (bicyclic) bond motifs is 1. The highest BCUT2D eigenvalue weighted by Gasteiger charge is 2.58. The Morgan fingerprint density at radius 2 is 0.875 bits per heavy atom. The van der Waals surface area contributed by atoms with E-state index in [9.17, 15) is 5.26 Å². The highest BCUT2D eigenvalue weighted by molar-refractivity contribution is 5.88. The number of nitrogens with zero attached hydrogens (tertiary/aromatic N) is 5. The van der Waals surface area contributed by atoms with Gasteiger partial charge in [-0.15, -0.1) is 0 Å². The lowest BCUT2D eigenvalue weighted by Gasteiger charge is -2.63. The summed E-state index contributed by atoms with van der Waals surface area (Å²) in [4.78, 5) is 19.0. The molecule has 2 aromatic heterocycles. The Bertz CT molecular complexity index is 3140. The Morgan fingerprint density at radius 3 is 1.42 bits per heavy atom. The van der Waals surface area contributed by atoms with Crippen LogP contribution in [-0.2, 0) is 10.8 Å². The van der Waals surface area contributed by atoms with Crippen molar-refractivity contribution in [2.75, 3.05) is 0 Å². The van der Waals surface area contributed by atoms with Gasteiger partial charge >= 0.3 is 0 Å². The van der Waals surface area contributed by atoms with Gasteiger partial charge in [-0.25, -0.2) is 15.0 Å². The molecule has 0 spiro atoms. The van der Waals surface area contributed by atoms with Crippen molar-refractivity contribution in [3.8, 4) is 73.7 Å². The lowest BCUT2D eigenvalue weighted by Crippen LogP contribution is -2.55. The zero-order valence-electron chi connectivity index (χ0n) is 35.5. The topological polar surface area (TPSA) is 75.3 Å². The molecule has 4 bridgehead atoms. The van der Waals surface area contributed by atoms with Gasteiger partial charge in [-0.2, -0.15) is 5.26 Å². The van der Waals surface area contributed by atoms with Crippen LogP contribution >= 0.6 is 0 Å². The molecule has 4 fully saturated rings. The quantitative estimate of drug-likeness (QED) is 0.153. The van der Waals surface area contributed by atoms with Gasteiger partial charge in [-0.05, 0) is 147 Å². The van der Waals surface area contributed by atoms with Gasteiger partial charge in [-0.3, -0.25) is 4.98 Å². The molecule has 2 atom stereocenters. The highest BCUT2D eigenvalue weighted by Crippen LogP contribution is 2.66. The van der Waals surface area contributed by atoms with E-state index in [4.69, 9.17) is 15.0 Å². The van der Waals surface area contributed by atoms with E-state index in [1.807, 2.05) is 60.7 Å². The first-order valence-corrected chi connectivity index (χ1v) is 22.6. The fourth-order valence-corrected chi connectivity index (χ4v) is 12.0. The van der Waals surface area contributed by atoms with E-state index in [1.165, 1.54) is 82.9 Å². The third kappa shape index (κ3) is 6.87. The summed E-state index contributed by atoms with van der Waals surface area (Å²) in [6.45, 7) is 0. The van der Waals surface area contributed by atoms with Crippen LogP contribution in [0.15, 0.2) is 188 Å². The molecule has 4 saturated carbocycles. The van der Waals surface area contributed by atoms with Crippen LogP contribution in [-0.4, -0.2) is 19.9 Å². The first kappa shape index (κ1) is 38.2. The molecule has 4 aliphatic rings. The molecule has 5 heteroatoms. The number of hydrogen-bond donors (Lipinski definition) is 0. The Kier molecular flexibility index (Phi) is 9.16. The molecule has 13 rings (SSSR count). The molecule has 0 amide bonds. The molecule has 2 heterocycles. The van der Waals surface area contributed by atoms with Crippen molar-refractivity contribution in [2.45, 2.75) is 49.4 Å². The Labute approximate surface area is 374 Å². The molecule has 306 valence electrons. The summed E-state index contributed by atoms with van der Waals surface area (Å²) in [5, 5.41) is 11.6. The minimum absolute atomic E-state index is 0.238. The second kappa shape index (κ2) is 15.4. The van der Waals surface area contributed by atoms with Crippen LogP contribution in [0.2, 0.25) is 0 Å². The molecule has 5 nitrogen and oxygen atoms in total. The first-order chi connectivity index (χ1) is 31.5. The fraction of sp³-hybridized carbons (Fsp3) is 0.169. The number of rotatable bonds is 8. The van der Waals surface area contributed by atoms with E-state index >= 15 is 0 Å². The van der Waals surface area contributed by atoms with Crippen molar-refractivity contribution >= 4 is 10.8 Å². The summed E-state index contributed by atoms with van der Waals surface area (Å²) in [5.41, 5.74) is 14.1. The van der Waals surface area contributed by atoms with Gasteiger partial charge < -0.3 is 0 Å². The summed E-state index contributed by atoms with van der Waals surface area (Å²) < 4.78 is 0. The van der Waals surface area contributed by atoms with E-state index in [2.05, 4.69) is 132 Å². The van der Waals surface area contributed by atoms with Gasteiger partial charge in [0.2, 0.25) is 0 Å². The zero-order chi connectivity index (χ0) is 42.7. The standard InChI is InChI=1S/C59H45N5/c60-37-39-9-10-51-32-50(20-19-49(51)31-39)46-23-27-53(28-24-46)59-35-40-30-41(36-59)34-58(33-40,38-59)52-25-21-45(22-26-52)43-13-11-42(12-14-43)44-15-17-48(18-16-44)56-62-55(47-6-2-1-3-7-47)63-57(64-56)54-8-4-5-29-61-54/h1-29,31-32,40-41H,30,33-36,38H2. The van der Waals surface area contributed by atoms with Gasteiger partial charge in [0.25, 0.3) is 0 Å². The van der Waals surface area contributed by atoms with Gasteiger partial charge in [0.1, 0.15) is 5.69 Å². The van der Waals surface area contributed by atoms with Crippen LogP contribution in [0.5, 0.6) is 0 Å². The van der Waals surface area contributed by atoms with Crippen molar-refractivity contribution in [1.82, 2.24) is 19.9 Å². The highest BCUT2D eigenvalue weighted by atomic mass is 15.0. The number of pyridine rings is 1. The SMILES string of the molecule is N#Cc1ccc2cc(-c3ccc(C45CC6CC(CC(c7ccc(-c8ccc(-c9ccc(-c%10nc(-c%11ccccc%11)nc(-c%11ccccn%11)n%10)cc9)cc8)cc7)(C6)C4)C5)cc3)ccc2c1. The lowest BCUT2D eigenvalue weighted by molar-refractivity contribution is -0.0281. The monoisotopic (exact) mass is 823 g/mol. The summed E-state index contributed by atoms with van der Waals surface area (Å²) in [6, 6.07) is 67.2. The minimum Gasteiger partial charge on any atom is -0.253 e. The van der Waals surface area contributed by atoms with Crippen LogP contribution in [0.25, 0.3) is 78.4 Å². The minimum atomic E-state index is 0.238. The average molecular weight is 824 g/mol. The van der Waals surface area contributed by atoms with Crippen molar-refractivity contribution in [3.05, 3.63) is 205 Å². The molecular weight excluding hydrogens is 779 g/mol. The van der Waals surface area contributed by atoms with Crippen molar-refractivity contribution in [2.24, 2.45) is 11.8 Å². The number of nitriles is 1. The summed E-state index contributed by atoms with van der Waals surface area (Å²) in [6.07, 6.45) is 9.64. The van der Waals surface area contributed by atoms with E-state index in [-0.39, 0.29) is 10.8 Å². The third-order valence-corrected chi connectivity index (χ3v) is 14.6. The summed E-state index contributed by atoms with van der Waals surface area (Å²) in [7, 11) is 0. The van der Waals surface area contributed by atoms with E-state index in [0.29, 0.717) is 28.7 Å². The molecule has 0 N–H and O–H groups in total. The van der Waals surface area contributed by atoms with Gasteiger partial charge in [0.15, 0.2) is 17.5 Å².